The van der Waals surface area contributed by atoms with Crippen LogP contribution in [0.25, 0.3) is 0 Å². The summed E-state index contributed by atoms with van der Waals surface area (Å²) in [5.41, 5.74) is 6.86. The van der Waals surface area contributed by atoms with Crippen molar-refractivity contribution in [1.82, 2.24) is 9.88 Å². The molecular formula is C20H25N5O3S. The van der Waals surface area contributed by atoms with E-state index in [9.17, 15) is 14.4 Å². The van der Waals surface area contributed by atoms with Crippen molar-refractivity contribution in [3.05, 3.63) is 34.8 Å². The molecule has 4 N–H and O–H groups in total. The van der Waals surface area contributed by atoms with E-state index in [1.165, 1.54) is 24.5 Å². The molecule has 0 aliphatic carbocycles. The Hall–Kier alpha value is -2.94. The average molecular weight is 416 g/mol. The van der Waals surface area contributed by atoms with Crippen LogP contribution >= 0.6 is 11.3 Å². The Kier molecular flexibility index (Phi) is 6.17. The van der Waals surface area contributed by atoms with Crippen LogP contribution in [-0.2, 0) is 14.4 Å². The number of piperidine rings is 1. The number of anilines is 3. The largest absolute Gasteiger partial charge is 0.383 e. The molecule has 1 aliphatic heterocycles. The van der Waals surface area contributed by atoms with E-state index in [1.807, 2.05) is 12.1 Å². The van der Waals surface area contributed by atoms with Crippen molar-refractivity contribution in [2.24, 2.45) is 5.92 Å². The summed E-state index contributed by atoms with van der Waals surface area (Å²) >= 11 is 1.43. The fourth-order valence-electron chi connectivity index (χ4n) is 3.41. The number of thiophene rings is 1. The minimum Gasteiger partial charge on any atom is -0.383 e. The molecule has 1 saturated heterocycles. The summed E-state index contributed by atoms with van der Waals surface area (Å²) in [6, 6.07) is 5.22. The lowest BCUT2D eigenvalue weighted by molar-refractivity contribution is -0.146. The van der Waals surface area contributed by atoms with Crippen molar-refractivity contribution in [3.8, 4) is 0 Å². The molecule has 29 heavy (non-hydrogen) atoms. The third-order valence-corrected chi connectivity index (χ3v) is 6.01. The van der Waals surface area contributed by atoms with Crippen LogP contribution in [0.4, 0.5) is 16.5 Å². The second kappa shape index (κ2) is 8.60. The average Bonchev–Trinajstić information content (AvgIpc) is 3.11. The lowest BCUT2D eigenvalue weighted by Gasteiger charge is -2.37. The van der Waals surface area contributed by atoms with Gasteiger partial charge in [-0.2, -0.15) is 0 Å². The second-order valence-electron chi connectivity index (χ2n) is 7.42. The standard InChI is InChI=1S/C20H25N5O3S/c1-11-4-5-15(16-6-7-17(29-16)23-13(3)26)25(10-11)20(28)19(27)24-14-8-12(2)18(21)22-9-14/h6-9,11,15H,4-5,10H2,1-3H3,(H2,21,22)(H,23,26)(H,24,27). The van der Waals surface area contributed by atoms with E-state index in [4.69, 9.17) is 5.73 Å². The Morgan fingerprint density at radius 1 is 1.24 bits per heavy atom. The number of likely N-dealkylation sites (tertiary alicyclic amines) is 1. The Labute approximate surface area is 173 Å². The molecule has 8 nitrogen and oxygen atoms in total. The number of pyridine rings is 1. The number of carbonyl (C=O) groups is 3. The van der Waals surface area contributed by atoms with Crippen LogP contribution in [0.3, 0.4) is 0 Å². The maximum atomic E-state index is 13.0. The summed E-state index contributed by atoms with van der Waals surface area (Å²) < 4.78 is 0. The van der Waals surface area contributed by atoms with Gasteiger partial charge in [-0.15, -0.1) is 11.3 Å². The minimum atomic E-state index is -0.700. The van der Waals surface area contributed by atoms with Gasteiger partial charge in [-0.1, -0.05) is 6.92 Å². The number of aromatic nitrogens is 1. The zero-order valence-electron chi connectivity index (χ0n) is 16.7. The number of nitrogen functional groups attached to an aromatic ring is 1. The molecule has 0 radical (unpaired) electrons. The molecule has 1 aliphatic rings. The first kappa shape index (κ1) is 20.8. The molecule has 0 spiro atoms. The Bertz CT molecular complexity index is 942. The predicted molar refractivity (Wildman–Crippen MR) is 113 cm³/mol. The first-order valence-electron chi connectivity index (χ1n) is 9.46. The van der Waals surface area contributed by atoms with Gasteiger partial charge in [-0.3, -0.25) is 14.4 Å². The molecule has 3 amide bonds. The van der Waals surface area contributed by atoms with Crippen molar-refractivity contribution in [2.75, 3.05) is 22.9 Å². The molecule has 154 valence electrons. The van der Waals surface area contributed by atoms with Crippen molar-refractivity contribution in [3.63, 3.8) is 0 Å². The Morgan fingerprint density at radius 2 is 2.00 bits per heavy atom. The molecule has 2 aromatic heterocycles. The molecule has 3 heterocycles. The molecule has 2 aromatic rings. The number of hydrogen-bond acceptors (Lipinski definition) is 6. The fraction of sp³-hybridized carbons (Fsp3) is 0.400. The summed E-state index contributed by atoms with van der Waals surface area (Å²) in [5, 5.41) is 6.11. The molecule has 0 aromatic carbocycles. The lowest BCUT2D eigenvalue weighted by atomic mass is 9.93. The second-order valence-corrected chi connectivity index (χ2v) is 8.53. The highest BCUT2D eigenvalue weighted by atomic mass is 32.1. The van der Waals surface area contributed by atoms with Crippen LogP contribution in [0.5, 0.6) is 0 Å². The summed E-state index contributed by atoms with van der Waals surface area (Å²) in [5.74, 6) is -0.736. The molecule has 9 heteroatoms. The van der Waals surface area contributed by atoms with Crippen LogP contribution in [0.2, 0.25) is 0 Å². The predicted octanol–water partition coefficient (Wildman–Crippen LogP) is 2.93. The van der Waals surface area contributed by atoms with Crippen LogP contribution < -0.4 is 16.4 Å². The van der Waals surface area contributed by atoms with Crippen LogP contribution in [-0.4, -0.2) is 34.2 Å². The van der Waals surface area contributed by atoms with E-state index in [0.717, 1.165) is 28.3 Å². The highest BCUT2D eigenvalue weighted by molar-refractivity contribution is 7.16. The van der Waals surface area contributed by atoms with Gasteiger partial charge in [0, 0.05) is 18.3 Å². The third-order valence-electron chi connectivity index (χ3n) is 4.90. The highest BCUT2D eigenvalue weighted by Gasteiger charge is 2.35. The van der Waals surface area contributed by atoms with Gasteiger partial charge in [-0.25, -0.2) is 4.98 Å². The smallest absolute Gasteiger partial charge is 0.313 e. The number of hydrogen-bond donors (Lipinski definition) is 3. The van der Waals surface area contributed by atoms with Gasteiger partial charge in [0.15, 0.2) is 0 Å². The quantitative estimate of drug-likeness (QED) is 0.666. The maximum Gasteiger partial charge on any atom is 0.313 e. The first-order valence-corrected chi connectivity index (χ1v) is 10.3. The first-order chi connectivity index (χ1) is 13.7. The van der Waals surface area contributed by atoms with Gasteiger partial charge in [0.05, 0.1) is 22.9 Å². The van der Waals surface area contributed by atoms with E-state index >= 15 is 0 Å². The normalized spacial score (nSPS) is 18.9. The van der Waals surface area contributed by atoms with Crippen LogP contribution in [0.1, 0.15) is 43.2 Å². The minimum absolute atomic E-state index is 0.143. The van der Waals surface area contributed by atoms with E-state index in [1.54, 1.807) is 17.9 Å². The number of carbonyl (C=O) groups excluding carboxylic acids is 3. The van der Waals surface area contributed by atoms with E-state index < -0.39 is 11.8 Å². The number of nitrogens with zero attached hydrogens (tertiary/aromatic N) is 2. The van der Waals surface area contributed by atoms with Gasteiger partial charge in [0.25, 0.3) is 0 Å². The number of nitrogens with one attached hydrogen (secondary N) is 2. The SMILES string of the molecule is CC(=O)Nc1ccc(C2CCC(C)CN2C(=O)C(=O)Nc2cnc(N)c(C)c2)s1. The summed E-state index contributed by atoms with van der Waals surface area (Å²) in [7, 11) is 0. The summed E-state index contributed by atoms with van der Waals surface area (Å²) in [6.07, 6.45) is 3.16. The van der Waals surface area contributed by atoms with Crippen LogP contribution in [0.15, 0.2) is 24.4 Å². The lowest BCUT2D eigenvalue weighted by Crippen LogP contribution is -2.46. The zero-order valence-corrected chi connectivity index (χ0v) is 17.5. The zero-order chi connectivity index (χ0) is 21.1. The molecule has 0 saturated carbocycles. The fourth-order valence-corrected chi connectivity index (χ4v) is 4.52. The number of nitrogens with two attached hydrogens (primary N) is 1. The molecule has 2 unspecified atom stereocenters. The van der Waals surface area contributed by atoms with E-state index in [0.29, 0.717) is 24.0 Å². The summed E-state index contributed by atoms with van der Waals surface area (Å²) in [6.45, 7) is 5.81. The van der Waals surface area contributed by atoms with Gasteiger partial charge < -0.3 is 21.3 Å². The van der Waals surface area contributed by atoms with E-state index in [-0.39, 0.29) is 11.9 Å². The van der Waals surface area contributed by atoms with Crippen molar-refractivity contribution >= 4 is 45.6 Å². The molecule has 3 rings (SSSR count). The highest BCUT2D eigenvalue weighted by Crippen LogP contribution is 2.38. The number of amides is 3. The molecule has 1 fully saturated rings. The van der Waals surface area contributed by atoms with Crippen molar-refractivity contribution in [1.29, 1.82) is 0 Å². The van der Waals surface area contributed by atoms with E-state index in [2.05, 4.69) is 22.5 Å². The van der Waals surface area contributed by atoms with Crippen molar-refractivity contribution < 1.29 is 14.4 Å². The molecule has 0 bridgehead atoms. The number of rotatable bonds is 3. The topological polar surface area (TPSA) is 117 Å². The Morgan fingerprint density at radius 3 is 2.69 bits per heavy atom. The maximum absolute atomic E-state index is 13.0. The Balaban J connectivity index is 1.77. The molecule has 2 atom stereocenters. The van der Waals surface area contributed by atoms with Gasteiger partial charge in [-0.05, 0) is 49.4 Å². The van der Waals surface area contributed by atoms with Crippen LogP contribution in [0, 0.1) is 12.8 Å². The number of aryl methyl sites for hydroxylation is 1. The van der Waals surface area contributed by atoms with Gasteiger partial charge >= 0.3 is 11.8 Å². The monoisotopic (exact) mass is 415 g/mol. The van der Waals surface area contributed by atoms with Gasteiger partial charge in [0.1, 0.15) is 5.82 Å². The van der Waals surface area contributed by atoms with Gasteiger partial charge in [0.2, 0.25) is 5.91 Å². The third kappa shape index (κ3) is 4.92. The van der Waals surface area contributed by atoms with Crippen molar-refractivity contribution in [2.45, 2.75) is 39.7 Å². The summed E-state index contributed by atoms with van der Waals surface area (Å²) in [4.78, 5) is 43.5. The molecular weight excluding hydrogens is 390 g/mol.